The molecule has 1 atom stereocenters. The van der Waals surface area contributed by atoms with E-state index in [2.05, 4.69) is 34.6 Å². The molecule has 20 heavy (non-hydrogen) atoms. The van der Waals surface area contributed by atoms with Crippen LogP contribution in [0, 0.1) is 0 Å². The fourth-order valence-corrected chi connectivity index (χ4v) is 2.41. The highest BCUT2D eigenvalue weighted by Crippen LogP contribution is 2.26. The molecule has 0 saturated carbocycles. The number of nitrogens with zero attached hydrogens (tertiary/aromatic N) is 3. The van der Waals surface area contributed by atoms with E-state index in [1.165, 1.54) is 0 Å². The Morgan fingerprint density at radius 2 is 2.15 bits per heavy atom. The minimum Gasteiger partial charge on any atom is -0.273 e. The molecule has 102 valence electrons. The molecule has 0 fully saturated rings. The van der Waals surface area contributed by atoms with Gasteiger partial charge in [0.15, 0.2) is 0 Å². The molecule has 0 aliphatic heterocycles. The van der Waals surface area contributed by atoms with E-state index in [0.717, 1.165) is 28.6 Å². The number of hydrazine groups is 1. The number of hydrogen-bond acceptors (Lipinski definition) is 4. The quantitative estimate of drug-likeness (QED) is 0.560. The second kappa shape index (κ2) is 5.40. The van der Waals surface area contributed by atoms with Crippen LogP contribution in [-0.4, -0.2) is 14.8 Å². The highest BCUT2D eigenvalue weighted by atomic mass is 15.3. The number of pyridine rings is 1. The van der Waals surface area contributed by atoms with Crippen molar-refractivity contribution in [2.45, 2.75) is 19.5 Å². The predicted molar refractivity (Wildman–Crippen MR) is 78.8 cm³/mol. The summed E-state index contributed by atoms with van der Waals surface area (Å²) < 4.78 is 1.88. The summed E-state index contributed by atoms with van der Waals surface area (Å²) in [7, 11) is 0. The zero-order valence-corrected chi connectivity index (χ0v) is 11.3. The summed E-state index contributed by atoms with van der Waals surface area (Å²) in [6.07, 6.45) is 5.64. The van der Waals surface area contributed by atoms with E-state index < -0.39 is 0 Å². The third kappa shape index (κ3) is 2.17. The Kier molecular flexibility index (Phi) is 3.45. The Bertz CT molecular complexity index is 714. The van der Waals surface area contributed by atoms with E-state index in [1.807, 2.05) is 41.5 Å². The average molecular weight is 267 g/mol. The number of fused-ring (bicyclic) bond motifs is 1. The van der Waals surface area contributed by atoms with Gasteiger partial charge in [-0.05, 0) is 18.4 Å². The number of aryl methyl sites for hydroxylation is 1. The Balaban J connectivity index is 2.11. The Labute approximate surface area is 117 Å². The molecule has 0 bridgehead atoms. The van der Waals surface area contributed by atoms with Gasteiger partial charge < -0.3 is 0 Å². The van der Waals surface area contributed by atoms with Crippen LogP contribution < -0.4 is 11.3 Å². The molecule has 1 unspecified atom stereocenters. The van der Waals surface area contributed by atoms with Gasteiger partial charge in [-0.1, -0.05) is 24.3 Å². The van der Waals surface area contributed by atoms with E-state index in [-0.39, 0.29) is 6.04 Å². The first kappa shape index (κ1) is 12.8. The van der Waals surface area contributed by atoms with Crippen molar-refractivity contribution in [3.8, 4) is 0 Å². The van der Waals surface area contributed by atoms with Crippen LogP contribution in [-0.2, 0) is 6.54 Å². The Morgan fingerprint density at radius 1 is 1.30 bits per heavy atom. The van der Waals surface area contributed by atoms with Crippen molar-refractivity contribution >= 4 is 10.8 Å². The molecule has 0 saturated heterocycles. The van der Waals surface area contributed by atoms with Gasteiger partial charge in [-0.25, -0.2) is 5.43 Å². The number of benzene rings is 1. The largest absolute Gasteiger partial charge is 0.273 e. The van der Waals surface area contributed by atoms with Crippen molar-refractivity contribution in [1.82, 2.24) is 20.2 Å². The summed E-state index contributed by atoms with van der Waals surface area (Å²) in [6.45, 7) is 2.89. The predicted octanol–water partition coefficient (Wildman–Crippen LogP) is 2.00. The first-order chi connectivity index (χ1) is 9.83. The van der Waals surface area contributed by atoms with E-state index in [9.17, 15) is 0 Å². The first-order valence-corrected chi connectivity index (χ1v) is 6.65. The lowest BCUT2D eigenvalue weighted by atomic mass is 10.0. The molecule has 0 aliphatic rings. The van der Waals surface area contributed by atoms with Gasteiger partial charge in [0.05, 0.1) is 17.9 Å². The second-order valence-corrected chi connectivity index (χ2v) is 4.65. The van der Waals surface area contributed by atoms with Gasteiger partial charge in [-0.3, -0.25) is 15.5 Å². The third-order valence-electron chi connectivity index (χ3n) is 3.46. The summed E-state index contributed by atoms with van der Waals surface area (Å²) >= 11 is 0. The maximum absolute atomic E-state index is 5.75. The summed E-state index contributed by atoms with van der Waals surface area (Å²) in [6, 6.07) is 10.0. The lowest BCUT2D eigenvalue weighted by molar-refractivity contribution is 0.621. The topological polar surface area (TPSA) is 68.8 Å². The van der Waals surface area contributed by atoms with Gasteiger partial charge in [0.25, 0.3) is 0 Å². The van der Waals surface area contributed by atoms with Gasteiger partial charge in [0, 0.05) is 29.9 Å². The van der Waals surface area contributed by atoms with Crippen LogP contribution in [0.15, 0.2) is 48.9 Å². The number of rotatable bonds is 4. The lowest BCUT2D eigenvalue weighted by Gasteiger charge is -2.15. The molecule has 2 heterocycles. The first-order valence-electron chi connectivity index (χ1n) is 6.65. The van der Waals surface area contributed by atoms with E-state index >= 15 is 0 Å². The lowest BCUT2D eigenvalue weighted by Crippen LogP contribution is -2.29. The molecule has 0 aliphatic carbocycles. The van der Waals surface area contributed by atoms with Crippen molar-refractivity contribution < 1.29 is 0 Å². The highest BCUT2D eigenvalue weighted by Gasteiger charge is 2.18. The fourth-order valence-electron chi connectivity index (χ4n) is 2.41. The third-order valence-corrected chi connectivity index (χ3v) is 3.46. The van der Waals surface area contributed by atoms with Gasteiger partial charge in [-0.2, -0.15) is 5.10 Å². The van der Waals surface area contributed by atoms with Gasteiger partial charge in [-0.15, -0.1) is 0 Å². The molecule has 0 amide bonds. The Morgan fingerprint density at radius 3 is 2.90 bits per heavy atom. The highest BCUT2D eigenvalue weighted by molar-refractivity contribution is 5.85. The van der Waals surface area contributed by atoms with Crippen molar-refractivity contribution in [2.24, 2.45) is 5.84 Å². The standard InChI is InChI=1S/C15H17N5/c1-2-20-10-12(9-18-20)14(19-16)15-13-6-4-3-5-11(13)7-8-17-15/h3-10,14,19H,2,16H2,1H3. The van der Waals surface area contributed by atoms with E-state index in [1.54, 1.807) is 0 Å². The minimum atomic E-state index is -0.165. The van der Waals surface area contributed by atoms with Crippen molar-refractivity contribution in [3.63, 3.8) is 0 Å². The van der Waals surface area contributed by atoms with Crippen LogP contribution in [0.5, 0.6) is 0 Å². The van der Waals surface area contributed by atoms with Crippen LogP contribution in [0.25, 0.3) is 10.8 Å². The maximum Gasteiger partial charge on any atom is 0.0918 e. The van der Waals surface area contributed by atoms with Crippen molar-refractivity contribution in [2.75, 3.05) is 0 Å². The zero-order chi connectivity index (χ0) is 13.9. The molecule has 0 radical (unpaired) electrons. The van der Waals surface area contributed by atoms with Gasteiger partial charge >= 0.3 is 0 Å². The molecule has 3 rings (SSSR count). The molecule has 1 aromatic carbocycles. The maximum atomic E-state index is 5.75. The van der Waals surface area contributed by atoms with Crippen LogP contribution in [0.2, 0.25) is 0 Å². The van der Waals surface area contributed by atoms with Crippen LogP contribution in [0.4, 0.5) is 0 Å². The van der Waals surface area contributed by atoms with E-state index in [4.69, 9.17) is 5.84 Å². The average Bonchev–Trinajstić information content (AvgIpc) is 2.97. The van der Waals surface area contributed by atoms with Crippen LogP contribution >= 0.6 is 0 Å². The number of nitrogens with two attached hydrogens (primary N) is 1. The molecule has 2 aromatic heterocycles. The summed E-state index contributed by atoms with van der Waals surface area (Å²) in [4.78, 5) is 4.51. The molecule has 5 heteroatoms. The normalized spacial score (nSPS) is 12.7. The SMILES string of the molecule is CCn1cc(C(NN)c2nccc3ccccc23)cn1. The van der Waals surface area contributed by atoms with Crippen molar-refractivity contribution in [1.29, 1.82) is 0 Å². The Hall–Kier alpha value is -2.24. The fraction of sp³-hybridized carbons (Fsp3) is 0.200. The van der Waals surface area contributed by atoms with Crippen molar-refractivity contribution in [3.05, 3.63) is 60.2 Å². The van der Waals surface area contributed by atoms with Gasteiger partial charge in [0.2, 0.25) is 0 Å². The number of nitrogens with one attached hydrogen (secondary N) is 1. The molecule has 3 N–H and O–H groups in total. The second-order valence-electron chi connectivity index (χ2n) is 4.65. The van der Waals surface area contributed by atoms with Gasteiger partial charge in [0.1, 0.15) is 0 Å². The summed E-state index contributed by atoms with van der Waals surface area (Å²) in [5.41, 5.74) is 4.78. The van der Waals surface area contributed by atoms with E-state index in [0.29, 0.717) is 0 Å². The molecule has 5 nitrogen and oxygen atoms in total. The van der Waals surface area contributed by atoms with Crippen LogP contribution in [0.3, 0.4) is 0 Å². The minimum absolute atomic E-state index is 0.165. The monoisotopic (exact) mass is 267 g/mol. The summed E-state index contributed by atoms with van der Waals surface area (Å²) in [5.74, 6) is 5.75. The number of aromatic nitrogens is 3. The molecule has 0 spiro atoms. The molecular weight excluding hydrogens is 250 g/mol. The number of hydrogen-bond donors (Lipinski definition) is 2. The molecule has 3 aromatic rings. The summed E-state index contributed by atoms with van der Waals surface area (Å²) in [5, 5.41) is 6.56. The zero-order valence-electron chi connectivity index (χ0n) is 11.3. The smallest absolute Gasteiger partial charge is 0.0918 e. The molecular formula is C15H17N5. The van der Waals surface area contributed by atoms with Crippen LogP contribution in [0.1, 0.15) is 24.2 Å².